The van der Waals surface area contributed by atoms with Gasteiger partial charge in [0.25, 0.3) is 5.91 Å². The first-order chi connectivity index (χ1) is 22.1. The molecule has 0 aromatic heterocycles. The molecule has 0 spiro atoms. The molecular formula is C30H25F3N2O12. The summed E-state index contributed by atoms with van der Waals surface area (Å²) >= 11 is 0. The van der Waals surface area contributed by atoms with Crippen LogP contribution in [0.25, 0.3) is 0 Å². The number of hydrogen-bond acceptors (Lipinski definition) is 12. The maximum absolute atomic E-state index is 13.2. The molecule has 0 aliphatic carbocycles. The summed E-state index contributed by atoms with van der Waals surface area (Å²) in [5.74, 6) is -10.8. The second kappa shape index (κ2) is 13.7. The minimum atomic E-state index is -5.42. The van der Waals surface area contributed by atoms with E-state index < -0.39 is 93.7 Å². The van der Waals surface area contributed by atoms with Crippen molar-refractivity contribution in [3.63, 3.8) is 0 Å². The normalized spacial score (nSPS) is 18.0. The molecule has 1 aliphatic rings. The van der Waals surface area contributed by atoms with E-state index in [9.17, 15) is 62.7 Å². The van der Waals surface area contributed by atoms with Gasteiger partial charge in [0.2, 0.25) is 5.78 Å². The highest BCUT2D eigenvalue weighted by Crippen LogP contribution is 2.35. The van der Waals surface area contributed by atoms with Crippen molar-refractivity contribution >= 4 is 29.6 Å². The number of phenols is 4. The van der Waals surface area contributed by atoms with Crippen molar-refractivity contribution in [1.29, 1.82) is 0 Å². The largest absolute Gasteiger partial charge is 0.508 e. The molecule has 7 N–H and O–H groups in total. The Morgan fingerprint density at radius 1 is 0.830 bits per heavy atom. The van der Waals surface area contributed by atoms with Crippen molar-refractivity contribution in [2.45, 2.75) is 37.4 Å². The number of phenolic OH excluding ortho intramolecular Hbond substituents is 4. The molecule has 1 amide bonds. The number of hydrogen-bond donors (Lipinski definition) is 7. The van der Waals surface area contributed by atoms with Crippen LogP contribution in [0.1, 0.15) is 59.8 Å². The number of alkyl halides is 3. The van der Waals surface area contributed by atoms with Crippen LogP contribution in [0.2, 0.25) is 0 Å². The molecular weight excluding hydrogens is 637 g/mol. The summed E-state index contributed by atoms with van der Waals surface area (Å²) in [4.78, 5) is 62.6. The van der Waals surface area contributed by atoms with E-state index in [2.05, 4.69) is 15.4 Å². The van der Waals surface area contributed by atoms with Crippen LogP contribution >= 0.6 is 0 Å². The molecule has 1 saturated heterocycles. The van der Waals surface area contributed by atoms with Crippen LogP contribution in [-0.4, -0.2) is 86.2 Å². The van der Waals surface area contributed by atoms with Crippen LogP contribution in [0.15, 0.2) is 54.6 Å². The molecule has 3 atom stereocenters. The molecule has 0 radical (unpaired) electrons. The molecule has 3 aromatic rings. The van der Waals surface area contributed by atoms with Crippen molar-refractivity contribution in [3.8, 4) is 23.0 Å². The Morgan fingerprint density at radius 3 is 2.06 bits per heavy atom. The van der Waals surface area contributed by atoms with Gasteiger partial charge in [-0.15, -0.1) is 0 Å². The van der Waals surface area contributed by atoms with Crippen LogP contribution in [-0.2, 0) is 14.3 Å². The zero-order valence-electron chi connectivity index (χ0n) is 23.8. The Balaban J connectivity index is 1.65. The number of carboxylic acid groups (broad SMARTS) is 1. The fourth-order valence-electron chi connectivity index (χ4n) is 4.74. The van der Waals surface area contributed by atoms with Gasteiger partial charge < -0.3 is 40.3 Å². The van der Waals surface area contributed by atoms with Gasteiger partial charge >= 0.3 is 24.1 Å². The van der Waals surface area contributed by atoms with Crippen LogP contribution in [0.4, 0.5) is 13.2 Å². The maximum Gasteiger partial charge on any atom is 0.490 e. The first kappa shape index (κ1) is 34.0. The van der Waals surface area contributed by atoms with E-state index in [0.29, 0.717) is 12.1 Å². The molecule has 3 aromatic carbocycles. The van der Waals surface area contributed by atoms with Crippen molar-refractivity contribution in [3.05, 3.63) is 82.4 Å². The van der Waals surface area contributed by atoms with Crippen molar-refractivity contribution < 1.29 is 72.2 Å². The predicted molar refractivity (Wildman–Crippen MR) is 150 cm³/mol. The van der Waals surface area contributed by atoms with Crippen LogP contribution in [0.5, 0.6) is 23.0 Å². The number of aromatic hydroxyl groups is 4. The number of ketones is 1. The lowest BCUT2D eigenvalue weighted by Crippen LogP contribution is -2.57. The summed E-state index contributed by atoms with van der Waals surface area (Å²) in [5.41, 5.74) is -2.94. The Kier molecular flexibility index (Phi) is 9.89. The second-order valence-electron chi connectivity index (χ2n) is 10.1. The SMILES string of the molecule is O=C(NC1C(OC(=O)c2cc(O)c(C(=O)c3c(O)cccc3C(=O)O)c(O)c2)CCCNC1OC(=O)C(F)(F)F)c1ccc(O)cc1. The first-order valence-corrected chi connectivity index (χ1v) is 13.6. The number of nitrogens with one attached hydrogen (secondary N) is 2. The molecule has 1 aliphatic heterocycles. The van der Waals surface area contributed by atoms with Crippen LogP contribution in [0.3, 0.4) is 0 Å². The van der Waals surface area contributed by atoms with Gasteiger partial charge in [0.05, 0.1) is 16.7 Å². The highest BCUT2D eigenvalue weighted by molar-refractivity contribution is 6.18. The summed E-state index contributed by atoms with van der Waals surface area (Å²) in [6, 6.07) is 7.56. The molecule has 1 heterocycles. The lowest BCUT2D eigenvalue weighted by molar-refractivity contribution is -0.208. The van der Waals surface area contributed by atoms with Gasteiger partial charge in [-0.1, -0.05) is 6.07 Å². The van der Waals surface area contributed by atoms with Crippen molar-refractivity contribution in [2.24, 2.45) is 0 Å². The Morgan fingerprint density at radius 2 is 1.47 bits per heavy atom. The van der Waals surface area contributed by atoms with Gasteiger partial charge in [-0.05, 0) is 67.9 Å². The number of amides is 1. The van der Waals surface area contributed by atoms with Gasteiger partial charge in [0.15, 0.2) is 6.23 Å². The lowest BCUT2D eigenvalue weighted by Gasteiger charge is -2.32. The molecule has 3 unspecified atom stereocenters. The van der Waals surface area contributed by atoms with Gasteiger partial charge in [-0.2, -0.15) is 13.2 Å². The predicted octanol–water partition coefficient (Wildman–Crippen LogP) is 2.58. The lowest BCUT2D eigenvalue weighted by atomic mass is 9.95. The Hall–Kier alpha value is -5.84. The number of carbonyl (C=O) groups is 5. The molecule has 1 fully saturated rings. The number of aromatic carboxylic acids is 1. The van der Waals surface area contributed by atoms with E-state index in [1.165, 1.54) is 12.1 Å². The number of benzene rings is 3. The summed E-state index contributed by atoms with van der Waals surface area (Å²) in [5, 5.41) is 55.1. The smallest absolute Gasteiger partial charge is 0.490 e. The van der Waals surface area contributed by atoms with Crippen LogP contribution in [0, 0.1) is 0 Å². The molecule has 0 bridgehead atoms. The highest BCUT2D eigenvalue weighted by atomic mass is 19.4. The molecule has 4 rings (SSSR count). The Bertz CT molecular complexity index is 1700. The number of carboxylic acids is 1. The fourth-order valence-corrected chi connectivity index (χ4v) is 4.74. The van der Waals surface area contributed by atoms with E-state index in [1.807, 2.05) is 0 Å². The Labute approximate surface area is 262 Å². The van der Waals surface area contributed by atoms with Gasteiger partial charge in [0.1, 0.15) is 40.7 Å². The zero-order valence-corrected chi connectivity index (χ0v) is 23.8. The first-order valence-electron chi connectivity index (χ1n) is 13.6. The fraction of sp³-hybridized carbons (Fsp3) is 0.233. The number of esters is 2. The number of halogens is 3. The van der Waals surface area contributed by atoms with Gasteiger partial charge in [-0.3, -0.25) is 14.9 Å². The number of ether oxygens (including phenoxy) is 2. The van der Waals surface area contributed by atoms with Crippen molar-refractivity contribution in [1.82, 2.24) is 10.6 Å². The summed E-state index contributed by atoms with van der Waals surface area (Å²) in [7, 11) is 0. The van der Waals surface area contributed by atoms with E-state index >= 15 is 0 Å². The van der Waals surface area contributed by atoms with Crippen LogP contribution < -0.4 is 10.6 Å². The standard InChI is InChI=1S/C30H25F3N2O12/c31-30(32,33)29(45)47-26-23(35-25(41)13-6-8-15(36)9-7-13)20(5-2-10-34-26)46-28(44)14-11-18(38)22(19(39)12-14)24(40)21-16(27(42)43)3-1-4-17(21)37/h1,3-4,6-9,11-12,20,23,26,34,36-39H,2,5,10H2,(H,35,41)(H,42,43). The maximum atomic E-state index is 13.2. The highest BCUT2D eigenvalue weighted by Gasteiger charge is 2.46. The minimum absolute atomic E-state index is 0.0432. The second-order valence-corrected chi connectivity index (χ2v) is 10.1. The zero-order chi connectivity index (χ0) is 34.6. The number of carbonyl (C=O) groups excluding carboxylic acids is 4. The van der Waals surface area contributed by atoms with E-state index in [-0.39, 0.29) is 30.7 Å². The third kappa shape index (κ3) is 7.70. The van der Waals surface area contributed by atoms with E-state index in [4.69, 9.17) is 4.74 Å². The third-order valence-corrected chi connectivity index (χ3v) is 6.95. The molecule has 248 valence electrons. The van der Waals surface area contributed by atoms with Gasteiger partial charge in [0, 0.05) is 5.56 Å². The monoisotopic (exact) mass is 662 g/mol. The molecule has 17 heteroatoms. The van der Waals surface area contributed by atoms with E-state index in [0.717, 1.165) is 30.3 Å². The molecule has 14 nitrogen and oxygen atoms in total. The van der Waals surface area contributed by atoms with E-state index in [1.54, 1.807) is 0 Å². The van der Waals surface area contributed by atoms with Crippen molar-refractivity contribution in [2.75, 3.05) is 6.54 Å². The van der Waals surface area contributed by atoms with Gasteiger partial charge in [-0.25, -0.2) is 14.4 Å². The summed E-state index contributed by atoms with van der Waals surface area (Å²) in [6.07, 6.45) is -8.72. The summed E-state index contributed by atoms with van der Waals surface area (Å²) in [6.45, 7) is -0.0432. The molecule has 0 saturated carbocycles. The minimum Gasteiger partial charge on any atom is -0.508 e. The quantitative estimate of drug-likeness (QED) is 0.136. The summed E-state index contributed by atoms with van der Waals surface area (Å²) < 4.78 is 49.2. The average molecular weight is 663 g/mol. The topological polar surface area (TPSA) is 229 Å². The average Bonchev–Trinajstić information content (AvgIpc) is 3.17. The third-order valence-electron chi connectivity index (χ3n) is 6.95. The number of rotatable bonds is 8. The molecule has 47 heavy (non-hydrogen) atoms.